The van der Waals surface area contributed by atoms with Crippen LogP contribution < -0.4 is 10.6 Å². The van der Waals surface area contributed by atoms with Crippen LogP contribution in [0.5, 0.6) is 0 Å². The van der Waals surface area contributed by atoms with Crippen molar-refractivity contribution in [2.45, 2.75) is 31.5 Å². The molecule has 0 heterocycles. The summed E-state index contributed by atoms with van der Waals surface area (Å²) in [7, 11) is 0. The number of carbonyl (C=O) groups is 2. The van der Waals surface area contributed by atoms with Gasteiger partial charge in [0.1, 0.15) is 5.60 Å². The van der Waals surface area contributed by atoms with Crippen LogP contribution in [0.25, 0.3) is 0 Å². The second kappa shape index (κ2) is 6.67. The zero-order chi connectivity index (χ0) is 12.8. The van der Waals surface area contributed by atoms with Crippen molar-refractivity contribution in [3.63, 3.8) is 0 Å². The molecule has 0 saturated heterocycles. The summed E-state index contributed by atoms with van der Waals surface area (Å²) in [5.41, 5.74) is -0.562. The van der Waals surface area contributed by atoms with Crippen LogP contribution in [0.2, 0.25) is 0 Å². The van der Waals surface area contributed by atoms with Gasteiger partial charge in [-0.2, -0.15) is 0 Å². The van der Waals surface area contributed by atoms with Crippen molar-refractivity contribution in [3.05, 3.63) is 0 Å². The number of amides is 2. The maximum atomic E-state index is 12.3. The molecule has 0 aliphatic rings. The first-order valence-corrected chi connectivity index (χ1v) is 5.66. The molecule has 1 atom stereocenters. The first-order valence-electron chi connectivity index (χ1n) is 4.75. The van der Waals surface area contributed by atoms with Crippen LogP contribution in [0.15, 0.2) is 0 Å². The van der Waals surface area contributed by atoms with Crippen LogP contribution in [-0.4, -0.2) is 35.8 Å². The van der Waals surface area contributed by atoms with Crippen molar-refractivity contribution in [3.8, 4) is 0 Å². The first-order chi connectivity index (χ1) is 7.22. The maximum absolute atomic E-state index is 12.3. The highest BCUT2D eigenvalue weighted by Crippen LogP contribution is 2.06. The Bertz CT molecular complexity index is 254. The molecule has 0 fully saturated rings. The Hall–Kier alpha value is -0.850. The zero-order valence-electron chi connectivity index (χ0n) is 9.47. The van der Waals surface area contributed by atoms with E-state index >= 15 is 0 Å². The lowest BCUT2D eigenvalue weighted by Gasteiger charge is -2.19. The molecule has 0 aromatic heterocycles. The van der Waals surface area contributed by atoms with Crippen LogP contribution in [-0.2, 0) is 9.53 Å². The Kier molecular flexibility index (Phi) is 6.32. The fourth-order valence-corrected chi connectivity index (χ4v) is 0.903. The third kappa shape index (κ3) is 8.46. The summed E-state index contributed by atoms with van der Waals surface area (Å²) >= 11 is 2.47. The highest BCUT2D eigenvalue weighted by Gasteiger charge is 2.16. The van der Waals surface area contributed by atoms with E-state index in [1.807, 2.05) is 0 Å². The Balaban J connectivity index is 3.60. The lowest BCUT2D eigenvalue weighted by Crippen LogP contribution is -2.39. The third-order valence-corrected chi connectivity index (χ3v) is 1.71. The van der Waals surface area contributed by atoms with E-state index < -0.39 is 22.7 Å². The van der Waals surface area contributed by atoms with Gasteiger partial charge in [-0.25, -0.2) is 9.18 Å². The molecule has 94 valence electrons. The summed E-state index contributed by atoms with van der Waals surface area (Å²) in [6.45, 7) is 5.55. The van der Waals surface area contributed by atoms with Gasteiger partial charge >= 0.3 is 6.09 Å². The second-order valence-electron chi connectivity index (χ2n) is 4.02. The van der Waals surface area contributed by atoms with Gasteiger partial charge < -0.3 is 15.4 Å². The molecular weight excluding hydrogens is 283 g/mol. The molecule has 7 heteroatoms. The van der Waals surface area contributed by atoms with Crippen molar-refractivity contribution in [1.29, 1.82) is 0 Å². The fraction of sp³-hybridized carbons (Fsp3) is 0.778. The summed E-state index contributed by atoms with van der Waals surface area (Å²) in [6, 6.07) is 0. The monoisotopic (exact) mass is 298 g/mol. The van der Waals surface area contributed by atoms with E-state index in [4.69, 9.17) is 4.74 Å². The van der Waals surface area contributed by atoms with Crippen molar-refractivity contribution >= 4 is 27.9 Å². The van der Waals surface area contributed by atoms with E-state index in [1.54, 1.807) is 20.8 Å². The Labute approximate surface area is 102 Å². The zero-order valence-corrected chi connectivity index (χ0v) is 11.1. The predicted molar refractivity (Wildman–Crippen MR) is 61.1 cm³/mol. The number of alkyl halides is 2. The molecule has 0 aromatic carbocycles. The highest BCUT2D eigenvalue weighted by molar-refractivity contribution is 9.09. The van der Waals surface area contributed by atoms with Crippen LogP contribution in [0.3, 0.4) is 0 Å². The number of hydrogen-bond acceptors (Lipinski definition) is 3. The largest absolute Gasteiger partial charge is 0.444 e. The Morgan fingerprint density at radius 3 is 2.25 bits per heavy atom. The maximum Gasteiger partial charge on any atom is 0.407 e. The molecule has 16 heavy (non-hydrogen) atoms. The Morgan fingerprint density at radius 1 is 1.31 bits per heavy atom. The van der Waals surface area contributed by atoms with Crippen molar-refractivity contribution in [2.75, 3.05) is 13.1 Å². The molecular formula is C9H16BrFN2O3. The molecule has 0 spiro atoms. The molecule has 0 saturated carbocycles. The molecule has 0 bridgehead atoms. The third-order valence-electron chi connectivity index (χ3n) is 1.29. The standard InChI is InChI=1S/C9H16BrFN2O3/c1-9(2,3)16-8(15)13-5-4-12-7(14)6(10)11/h6H,4-5H2,1-3H3,(H,12,14)(H,13,15). The Morgan fingerprint density at radius 2 is 1.81 bits per heavy atom. The average molecular weight is 299 g/mol. The summed E-state index contributed by atoms with van der Waals surface area (Å²) in [6.07, 6.45) is -0.572. The van der Waals surface area contributed by atoms with Gasteiger partial charge in [-0.1, -0.05) is 0 Å². The van der Waals surface area contributed by atoms with Gasteiger partial charge in [-0.3, -0.25) is 4.79 Å². The van der Waals surface area contributed by atoms with Crippen LogP contribution in [0.1, 0.15) is 20.8 Å². The van der Waals surface area contributed by atoms with E-state index in [0.29, 0.717) is 0 Å². The van der Waals surface area contributed by atoms with E-state index in [-0.39, 0.29) is 13.1 Å². The molecule has 0 radical (unpaired) electrons. The number of ether oxygens (including phenoxy) is 1. The van der Waals surface area contributed by atoms with Gasteiger partial charge in [-0.15, -0.1) is 0 Å². The smallest absolute Gasteiger partial charge is 0.407 e. The number of alkyl carbamates (subject to hydrolysis) is 1. The molecule has 2 N–H and O–H groups in total. The summed E-state index contributed by atoms with van der Waals surface area (Å²) < 4.78 is 17.2. The molecule has 0 aliphatic heterocycles. The number of halogens is 2. The van der Waals surface area contributed by atoms with Gasteiger partial charge in [0.2, 0.25) is 5.08 Å². The van der Waals surface area contributed by atoms with Gasteiger partial charge in [-0.05, 0) is 36.7 Å². The summed E-state index contributed by atoms with van der Waals surface area (Å²) in [5.74, 6) is -0.772. The average Bonchev–Trinajstić information content (AvgIpc) is 2.08. The minimum atomic E-state index is -1.73. The fourth-order valence-electron chi connectivity index (χ4n) is 0.742. The van der Waals surface area contributed by atoms with Gasteiger partial charge in [0, 0.05) is 13.1 Å². The number of carbonyl (C=O) groups excluding carboxylic acids is 2. The van der Waals surface area contributed by atoms with E-state index in [1.165, 1.54) is 0 Å². The molecule has 2 amide bonds. The van der Waals surface area contributed by atoms with E-state index in [9.17, 15) is 14.0 Å². The summed E-state index contributed by atoms with van der Waals surface area (Å²) in [5, 5.41) is 2.96. The SMILES string of the molecule is CC(C)(C)OC(=O)NCCNC(=O)C(F)Br. The van der Waals surface area contributed by atoms with Gasteiger partial charge in [0.25, 0.3) is 5.91 Å². The van der Waals surface area contributed by atoms with E-state index in [2.05, 4.69) is 26.6 Å². The molecule has 1 unspecified atom stereocenters. The highest BCUT2D eigenvalue weighted by atomic mass is 79.9. The number of rotatable bonds is 4. The van der Waals surface area contributed by atoms with Gasteiger partial charge in [0.15, 0.2) is 0 Å². The van der Waals surface area contributed by atoms with Crippen molar-refractivity contribution in [1.82, 2.24) is 10.6 Å². The quantitative estimate of drug-likeness (QED) is 0.607. The first kappa shape index (κ1) is 15.2. The van der Waals surface area contributed by atoms with Crippen LogP contribution in [0.4, 0.5) is 9.18 Å². The number of hydrogen-bond donors (Lipinski definition) is 2. The van der Waals surface area contributed by atoms with Crippen LogP contribution in [0, 0.1) is 0 Å². The molecule has 0 aliphatic carbocycles. The van der Waals surface area contributed by atoms with Gasteiger partial charge in [0.05, 0.1) is 0 Å². The van der Waals surface area contributed by atoms with Crippen molar-refractivity contribution < 1.29 is 18.7 Å². The molecule has 0 aromatic rings. The normalized spacial score (nSPS) is 12.8. The molecule has 5 nitrogen and oxygen atoms in total. The molecule has 0 rings (SSSR count). The lowest BCUT2D eigenvalue weighted by atomic mass is 10.2. The second-order valence-corrected chi connectivity index (χ2v) is 4.82. The lowest BCUT2D eigenvalue weighted by molar-refractivity contribution is -0.122. The topological polar surface area (TPSA) is 67.4 Å². The predicted octanol–water partition coefficient (Wildman–Crippen LogP) is 1.32. The number of nitrogens with one attached hydrogen (secondary N) is 2. The van der Waals surface area contributed by atoms with Crippen molar-refractivity contribution in [2.24, 2.45) is 0 Å². The minimum absolute atomic E-state index is 0.143. The minimum Gasteiger partial charge on any atom is -0.444 e. The summed E-state index contributed by atoms with van der Waals surface area (Å²) in [4.78, 5) is 21.8. The van der Waals surface area contributed by atoms with E-state index in [0.717, 1.165) is 0 Å². The van der Waals surface area contributed by atoms with Crippen LogP contribution >= 0.6 is 15.9 Å².